The van der Waals surface area contributed by atoms with Crippen LogP contribution in [0.5, 0.6) is 5.75 Å². The molecule has 0 bridgehead atoms. The molecule has 0 amide bonds. The fourth-order valence-corrected chi connectivity index (χ4v) is 1.98. The molecule has 2 aromatic rings. The lowest BCUT2D eigenvalue weighted by atomic mass is 10.1. The van der Waals surface area contributed by atoms with Gasteiger partial charge in [-0.15, -0.1) is 0 Å². The first-order valence-corrected chi connectivity index (χ1v) is 4.95. The summed E-state index contributed by atoms with van der Waals surface area (Å²) in [5.41, 5.74) is 3.42. The Hall–Kier alpha value is -1.51. The second-order valence-corrected chi connectivity index (χ2v) is 3.75. The lowest BCUT2D eigenvalue weighted by Crippen LogP contribution is -2.07. The Balaban J connectivity index is 2.26. The third-order valence-corrected chi connectivity index (χ3v) is 2.63. The van der Waals surface area contributed by atoms with Crippen molar-refractivity contribution < 1.29 is 4.74 Å². The van der Waals surface area contributed by atoms with Crippen LogP contribution in [0.1, 0.15) is 17.8 Å². The number of ether oxygens (including phenoxy) is 1. The quantitative estimate of drug-likeness (QED) is 0.688. The Bertz CT molecular complexity index is 444. The number of imidazole rings is 1. The molecule has 1 aromatic carbocycles. The van der Waals surface area contributed by atoms with E-state index < -0.39 is 0 Å². The van der Waals surface area contributed by atoms with Gasteiger partial charge in [0.1, 0.15) is 11.6 Å². The molecule has 0 saturated heterocycles. The number of benzene rings is 1. The predicted molar refractivity (Wildman–Crippen MR) is 54.6 cm³/mol. The minimum Gasteiger partial charge on any atom is -0.493 e. The summed E-state index contributed by atoms with van der Waals surface area (Å²) >= 11 is 0. The second-order valence-electron chi connectivity index (χ2n) is 3.75. The van der Waals surface area contributed by atoms with E-state index in [0.717, 1.165) is 42.1 Å². The van der Waals surface area contributed by atoms with Gasteiger partial charge in [0.05, 0.1) is 17.6 Å². The molecule has 0 atom stereocenters. The zero-order chi connectivity index (χ0) is 9.54. The largest absolute Gasteiger partial charge is 0.493 e. The highest BCUT2D eigenvalue weighted by Crippen LogP contribution is 2.28. The smallest absolute Gasteiger partial charge is 0.124 e. The molecule has 0 saturated carbocycles. The van der Waals surface area contributed by atoms with Gasteiger partial charge in [-0.2, -0.15) is 0 Å². The average Bonchev–Trinajstić information content (AvgIpc) is 2.53. The Kier molecular flexibility index (Phi) is 1.54. The molecule has 0 fully saturated rings. The van der Waals surface area contributed by atoms with Gasteiger partial charge in [0, 0.05) is 6.07 Å². The lowest BCUT2D eigenvalue weighted by molar-refractivity contribution is 0.289. The van der Waals surface area contributed by atoms with E-state index in [2.05, 4.69) is 16.0 Å². The third-order valence-electron chi connectivity index (χ3n) is 2.63. The van der Waals surface area contributed by atoms with Gasteiger partial charge in [-0.1, -0.05) is 0 Å². The number of nitrogens with zero attached hydrogens (tertiary/aromatic N) is 1. The summed E-state index contributed by atoms with van der Waals surface area (Å²) in [7, 11) is 0. The van der Waals surface area contributed by atoms with Crippen molar-refractivity contribution in [2.45, 2.75) is 19.8 Å². The van der Waals surface area contributed by atoms with Crippen molar-refractivity contribution in [3.63, 3.8) is 0 Å². The number of rotatable bonds is 0. The van der Waals surface area contributed by atoms with Crippen LogP contribution in [0.15, 0.2) is 12.1 Å². The van der Waals surface area contributed by atoms with E-state index in [4.69, 9.17) is 4.74 Å². The van der Waals surface area contributed by atoms with Crippen molar-refractivity contribution in [1.29, 1.82) is 0 Å². The maximum absolute atomic E-state index is 5.59. The summed E-state index contributed by atoms with van der Waals surface area (Å²) in [6.45, 7) is 2.81. The number of nitrogens with one attached hydrogen (secondary N) is 1. The average molecular weight is 188 g/mol. The van der Waals surface area contributed by atoms with E-state index >= 15 is 0 Å². The van der Waals surface area contributed by atoms with E-state index in [1.54, 1.807) is 0 Å². The molecule has 1 aliphatic rings. The molecule has 2 heterocycles. The molecular formula is C11H12N2O. The number of hydrogen-bond acceptors (Lipinski definition) is 2. The number of aromatic nitrogens is 2. The van der Waals surface area contributed by atoms with Crippen molar-refractivity contribution in [2.75, 3.05) is 6.61 Å². The van der Waals surface area contributed by atoms with E-state index in [-0.39, 0.29) is 0 Å². The summed E-state index contributed by atoms with van der Waals surface area (Å²) in [6, 6.07) is 4.19. The summed E-state index contributed by atoms with van der Waals surface area (Å²) in [5.74, 6) is 1.97. The summed E-state index contributed by atoms with van der Waals surface area (Å²) in [5, 5.41) is 0. The highest BCUT2D eigenvalue weighted by atomic mass is 16.5. The predicted octanol–water partition coefficient (Wildman–Crippen LogP) is 2.20. The van der Waals surface area contributed by atoms with Gasteiger partial charge in [-0.25, -0.2) is 4.98 Å². The van der Waals surface area contributed by atoms with Gasteiger partial charge < -0.3 is 9.72 Å². The van der Waals surface area contributed by atoms with E-state index in [9.17, 15) is 0 Å². The highest BCUT2D eigenvalue weighted by Gasteiger charge is 2.12. The Morgan fingerprint density at radius 2 is 2.36 bits per heavy atom. The molecule has 0 radical (unpaired) electrons. The van der Waals surface area contributed by atoms with Crippen molar-refractivity contribution in [2.24, 2.45) is 0 Å². The molecule has 1 aromatic heterocycles. The first kappa shape index (κ1) is 7.85. The fourth-order valence-electron chi connectivity index (χ4n) is 1.98. The van der Waals surface area contributed by atoms with E-state index in [1.807, 2.05) is 13.0 Å². The molecule has 0 unspecified atom stereocenters. The van der Waals surface area contributed by atoms with Gasteiger partial charge in [0.2, 0.25) is 0 Å². The van der Waals surface area contributed by atoms with Crippen LogP contribution in [0.4, 0.5) is 0 Å². The minimum absolute atomic E-state index is 0.835. The van der Waals surface area contributed by atoms with Crippen LogP contribution in [0.3, 0.4) is 0 Å². The molecule has 14 heavy (non-hydrogen) atoms. The van der Waals surface area contributed by atoms with Gasteiger partial charge >= 0.3 is 0 Å². The maximum Gasteiger partial charge on any atom is 0.124 e. The van der Waals surface area contributed by atoms with Crippen LogP contribution >= 0.6 is 0 Å². The Morgan fingerprint density at radius 3 is 3.29 bits per heavy atom. The van der Waals surface area contributed by atoms with Crippen molar-refractivity contribution in [3.8, 4) is 5.75 Å². The zero-order valence-electron chi connectivity index (χ0n) is 8.13. The molecule has 3 heteroatoms. The van der Waals surface area contributed by atoms with Crippen LogP contribution in [-0.2, 0) is 6.42 Å². The Morgan fingerprint density at radius 1 is 1.43 bits per heavy atom. The molecule has 0 aliphatic carbocycles. The van der Waals surface area contributed by atoms with E-state index in [1.165, 1.54) is 5.56 Å². The van der Waals surface area contributed by atoms with Gasteiger partial charge in [0.25, 0.3) is 0 Å². The van der Waals surface area contributed by atoms with Crippen LogP contribution in [-0.4, -0.2) is 16.6 Å². The van der Waals surface area contributed by atoms with Crippen molar-refractivity contribution in [3.05, 3.63) is 23.5 Å². The number of aryl methyl sites for hydroxylation is 2. The SMILES string of the molecule is Cc1nc2cc3c(cc2[nH]1)CCCO3. The zero-order valence-corrected chi connectivity index (χ0v) is 8.13. The first-order chi connectivity index (χ1) is 6.83. The number of fused-ring (bicyclic) bond motifs is 2. The number of hydrogen-bond donors (Lipinski definition) is 1. The molecule has 1 N–H and O–H groups in total. The van der Waals surface area contributed by atoms with Crippen LogP contribution < -0.4 is 4.74 Å². The maximum atomic E-state index is 5.59. The van der Waals surface area contributed by atoms with Crippen LogP contribution in [0, 0.1) is 6.92 Å². The molecule has 72 valence electrons. The summed E-state index contributed by atoms with van der Waals surface area (Å²) < 4.78 is 5.59. The molecule has 3 rings (SSSR count). The minimum atomic E-state index is 0.835. The number of H-pyrrole nitrogens is 1. The third kappa shape index (κ3) is 1.09. The first-order valence-electron chi connectivity index (χ1n) is 4.95. The molecule has 0 spiro atoms. The van der Waals surface area contributed by atoms with Gasteiger partial charge in [-0.05, 0) is 31.4 Å². The summed E-state index contributed by atoms with van der Waals surface area (Å²) in [6.07, 6.45) is 2.23. The van der Waals surface area contributed by atoms with E-state index in [0.29, 0.717) is 0 Å². The molecule has 1 aliphatic heterocycles. The van der Waals surface area contributed by atoms with Gasteiger partial charge in [0.15, 0.2) is 0 Å². The molecule has 3 nitrogen and oxygen atoms in total. The Labute approximate surface area is 82.1 Å². The second kappa shape index (κ2) is 2.74. The van der Waals surface area contributed by atoms with Gasteiger partial charge in [-0.3, -0.25) is 0 Å². The van der Waals surface area contributed by atoms with Crippen LogP contribution in [0.25, 0.3) is 11.0 Å². The van der Waals surface area contributed by atoms with Crippen molar-refractivity contribution in [1.82, 2.24) is 9.97 Å². The lowest BCUT2D eigenvalue weighted by Gasteiger charge is -2.16. The standard InChI is InChI=1S/C11H12N2O/c1-7-12-9-5-8-3-2-4-14-11(8)6-10(9)13-7/h5-6H,2-4H2,1H3,(H,12,13). The highest BCUT2D eigenvalue weighted by molar-refractivity contribution is 5.78. The normalized spacial score (nSPS) is 15.2. The van der Waals surface area contributed by atoms with Crippen LogP contribution in [0.2, 0.25) is 0 Å². The topological polar surface area (TPSA) is 37.9 Å². The fraction of sp³-hybridized carbons (Fsp3) is 0.364. The molecular weight excluding hydrogens is 176 g/mol. The monoisotopic (exact) mass is 188 g/mol. The van der Waals surface area contributed by atoms with Crippen molar-refractivity contribution >= 4 is 11.0 Å². The summed E-state index contributed by atoms with van der Waals surface area (Å²) in [4.78, 5) is 7.63. The number of aromatic amines is 1.